The van der Waals surface area contributed by atoms with Crippen LogP contribution in [0.4, 0.5) is 0 Å². The molecule has 1 N–H and O–H groups in total. The molecule has 6 nitrogen and oxygen atoms in total. The number of rotatable bonds is 4. The zero-order valence-corrected chi connectivity index (χ0v) is 18.6. The van der Waals surface area contributed by atoms with Crippen LogP contribution in [0.15, 0.2) is 40.5 Å². The van der Waals surface area contributed by atoms with Gasteiger partial charge in [0, 0.05) is 18.5 Å². The van der Waals surface area contributed by atoms with Crippen LogP contribution in [0.1, 0.15) is 52.5 Å². The summed E-state index contributed by atoms with van der Waals surface area (Å²) in [7, 11) is -3.66. The molecule has 0 amide bonds. The molecule has 1 aromatic rings. The van der Waals surface area contributed by atoms with E-state index < -0.39 is 21.6 Å². The lowest BCUT2D eigenvalue weighted by atomic mass is 9.77. The Morgan fingerprint density at radius 3 is 2.41 bits per heavy atom. The summed E-state index contributed by atoms with van der Waals surface area (Å²) in [6.07, 6.45) is 1.62. The molecule has 0 aromatic heterocycles. The maximum absolute atomic E-state index is 13.2. The highest BCUT2D eigenvalue weighted by Gasteiger charge is 2.49. The van der Waals surface area contributed by atoms with Gasteiger partial charge in [0.15, 0.2) is 0 Å². The van der Waals surface area contributed by atoms with Crippen LogP contribution in [0.2, 0.25) is 0 Å². The highest BCUT2D eigenvalue weighted by atomic mass is 32.2. The largest absolute Gasteiger partial charge is 0.511 e. The second kappa shape index (κ2) is 7.76. The number of sulfonamides is 1. The van der Waals surface area contributed by atoms with Crippen LogP contribution in [0.3, 0.4) is 0 Å². The number of benzene rings is 1. The van der Waals surface area contributed by atoms with Crippen molar-refractivity contribution in [3.8, 4) is 0 Å². The van der Waals surface area contributed by atoms with Gasteiger partial charge in [-0.25, -0.2) is 13.2 Å². The summed E-state index contributed by atoms with van der Waals surface area (Å²) in [6.45, 7) is 9.56. The van der Waals surface area contributed by atoms with Crippen LogP contribution in [0, 0.1) is 18.8 Å². The number of esters is 1. The molecule has 1 aliphatic carbocycles. The predicted molar refractivity (Wildman–Crippen MR) is 111 cm³/mol. The molecular formula is C22H31NO5S. The molecule has 1 heterocycles. The number of fused-ring (bicyclic) bond motifs is 1. The topological polar surface area (TPSA) is 83.9 Å². The van der Waals surface area contributed by atoms with Crippen LogP contribution in [-0.4, -0.2) is 42.0 Å². The fraction of sp³-hybridized carbons (Fsp3) is 0.591. The van der Waals surface area contributed by atoms with Crippen LogP contribution in [0.5, 0.6) is 0 Å². The number of aliphatic hydroxyl groups excluding tert-OH is 1. The monoisotopic (exact) mass is 421 g/mol. The predicted octanol–water partition coefficient (Wildman–Crippen LogP) is 3.96. The quantitative estimate of drug-likeness (QED) is 0.744. The normalized spacial score (nSPS) is 25.8. The average Bonchev–Trinajstić information content (AvgIpc) is 3.05. The summed E-state index contributed by atoms with van der Waals surface area (Å²) < 4.78 is 33.5. The summed E-state index contributed by atoms with van der Waals surface area (Å²) in [5.74, 6) is -1.11. The van der Waals surface area contributed by atoms with E-state index in [2.05, 4.69) is 0 Å². The third-order valence-corrected chi connectivity index (χ3v) is 7.73. The van der Waals surface area contributed by atoms with Crippen molar-refractivity contribution in [2.24, 2.45) is 11.8 Å². The van der Waals surface area contributed by atoms with Crippen molar-refractivity contribution in [3.63, 3.8) is 0 Å². The van der Waals surface area contributed by atoms with Crippen molar-refractivity contribution < 1.29 is 23.1 Å². The number of carbonyl (C=O) groups excluding carboxylic acids is 1. The van der Waals surface area contributed by atoms with E-state index in [1.165, 1.54) is 4.31 Å². The molecule has 1 saturated heterocycles. The Balaban J connectivity index is 1.94. The first-order chi connectivity index (χ1) is 13.5. The number of ether oxygens (including phenoxy) is 1. The lowest BCUT2D eigenvalue weighted by molar-refractivity contribution is -0.151. The molecule has 1 aromatic carbocycles. The Labute approximate surface area is 173 Å². The van der Waals surface area contributed by atoms with Gasteiger partial charge < -0.3 is 9.84 Å². The van der Waals surface area contributed by atoms with Gasteiger partial charge in [-0.15, -0.1) is 0 Å². The number of carbonyl (C=O) groups is 1. The van der Waals surface area contributed by atoms with E-state index in [-0.39, 0.29) is 28.5 Å². The first-order valence-corrected chi connectivity index (χ1v) is 11.6. The van der Waals surface area contributed by atoms with Crippen LogP contribution in [-0.2, 0) is 19.6 Å². The van der Waals surface area contributed by atoms with E-state index in [1.807, 2.05) is 13.8 Å². The number of hydrogen-bond donors (Lipinski definition) is 1. The molecule has 0 radical (unpaired) electrons. The molecule has 0 unspecified atom stereocenters. The Hall–Kier alpha value is -1.86. The van der Waals surface area contributed by atoms with Gasteiger partial charge in [0.25, 0.3) is 0 Å². The summed E-state index contributed by atoms with van der Waals surface area (Å²) in [6, 6.07) is 6.47. The third kappa shape index (κ3) is 4.21. The molecule has 1 aliphatic heterocycles. The number of aliphatic hydroxyl groups is 1. The summed E-state index contributed by atoms with van der Waals surface area (Å²) in [4.78, 5) is 13.0. The fourth-order valence-electron chi connectivity index (χ4n) is 4.36. The van der Waals surface area contributed by atoms with Gasteiger partial charge in [-0.2, -0.15) is 4.31 Å². The molecule has 160 valence electrons. The van der Waals surface area contributed by atoms with E-state index >= 15 is 0 Å². The van der Waals surface area contributed by atoms with E-state index in [0.717, 1.165) is 5.56 Å². The molecule has 7 heteroatoms. The van der Waals surface area contributed by atoms with Crippen molar-refractivity contribution in [2.45, 2.75) is 70.4 Å². The molecular weight excluding hydrogens is 390 g/mol. The van der Waals surface area contributed by atoms with Gasteiger partial charge >= 0.3 is 5.97 Å². The lowest BCUT2D eigenvalue weighted by Crippen LogP contribution is -2.43. The van der Waals surface area contributed by atoms with Crippen molar-refractivity contribution in [1.29, 1.82) is 0 Å². The second-order valence-corrected chi connectivity index (χ2v) is 10.9. The summed E-state index contributed by atoms with van der Waals surface area (Å²) in [5.41, 5.74) is 0.656. The highest BCUT2D eigenvalue weighted by Crippen LogP contribution is 2.45. The van der Waals surface area contributed by atoms with Crippen molar-refractivity contribution in [3.05, 3.63) is 41.2 Å². The minimum absolute atomic E-state index is 0.00366. The highest BCUT2D eigenvalue weighted by molar-refractivity contribution is 7.89. The molecule has 29 heavy (non-hydrogen) atoms. The molecule has 2 aliphatic rings. The first-order valence-electron chi connectivity index (χ1n) is 10.2. The Kier molecular flexibility index (Phi) is 5.84. The Bertz CT molecular complexity index is 912. The van der Waals surface area contributed by atoms with Gasteiger partial charge in [-0.3, -0.25) is 0 Å². The van der Waals surface area contributed by atoms with E-state index in [9.17, 15) is 18.3 Å². The molecule has 3 rings (SSSR count). The maximum Gasteiger partial charge on any atom is 0.338 e. The molecule has 0 bridgehead atoms. The van der Waals surface area contributed by atoms with E-state index in [4.69, 9.17) is 4.74 Å². The van der Waals surface area contributed by atoms with Crippen molar-refractivity contribution in [1.82, 2.24) is 4.31 Å². The van der Waals surface area contributed by atoms with Crippen molar-refractivity contribution >= 4 is 16.0 Å². The average molecular weight is 422 g/mol. The third-order valence-electron chi connectivity index (χ3n) is 5.80. The maximum atomic E-state index is 13.2. The van der Waals surface area contributed by atoms with E-state index in [0.29, 0.717) is 31.4 Å². The molecule has 0 spiro atoms. The number of nitrogens with zero attached hydrogens (tertiary/aromatic N) is 1. The van der Waals surface area contributed by atoms with Gasteiger partial charge in [0.2, 0.25) is 10.0 Å². The van der Waals surface area contributed by atoms with Crippen LogP contribution in [0.25, 0.3) is 0 Å². The SMILES string of the molecule is CC[C@@H]1C[C@@H]2[C@@H](CCN2S(=O)(=O)c2ccc(C)cc2)C(O)=C1C(=O)OC(C)(C)C. The minimum Gasteiger partial charge on any atom is -0.511 e. The van der Waals surface area contributed by atoms with Crippen LogP contribution < -0.4 is 0 Å². The van der Waals surface area contributed by atoms with Gasteiger partial charge in [-0.1, -0.05) is 24.6 Å². The van der Waals surface area contributed by atoms with Crippen molar-refractivity contribution in [2.75, 3.05) is 6.54 Å². The lowest BCUT2D eigenvalue weighted by Gasteiger charge is -2.36. The second-order valence-electron chi connectivity index (χ2n) is 9.03. The minimum atomic E-state index is -3.66. The van der Waals surface area contributed by atoms with Gasteiger partial charge in [0.05, 0.1) is 10.5 Å². The zero-order valence-electron chi connectivity index (χ0n) is 17.8. The molecule has 1 fully saturated rings. The standard InChI is InChI=1S/C22H31NO5S/c1-6-15-13-18-17(20(24)19(15)21(25)28-22(3,4)5)11-12-23(18)29(26,27)16-9-7-14(2)8-10-16/h7-10,15,17-18,24H,6,11-13H2,1-5H3/t15-,17-,18-/m1/s1. The van der Waals surface area contributed by atoms with Gasteiger partial charge in [0.1, 0.15) is 11.4 Å². The summed E-state index contributed by atoms with van der Waals surface area (Å²) >= 11 is 0. The van der Waals surface area contributed by atoms with Crippen LogP contribution >= 0.6 is 0 Å². The summed E-state index contributed by atoms with van der Waals surface area (Å²) in [5, 5.41) is 11.0. The first kappa shape index (κ1) is 21.8. The van der Waals surface area contributed by atoms with E-state index in [1.54, 1.807) is 45.0 Å². The fourth-order valence-corrected chi connectivity index (χ4v) is 6.05. The number of hydrogen-bond acceptors (Lipinski definition) is 5. The molecule has 3 atom stereocenters. The Morgan fingerprint density at radius 2 is 1.86 bits per heavy atom. The zero-order chi connectivity index (χ0) is 21.6. The molecule has 0 saturated carbocycles. The Morgan fingerprint density at radius 1 is 1.24 bits per heavy atom. The van der Waals surface area contributed by atoms with Gasteiger partial charge in [-0.05, 0) is 65.0 Å². The smallest absolute Gasteiger partial charge is 0.338 e. The number of aryl methyl sites for hydroxylation is 1.